The minimum absolute atomic E-state index is 0.0871. The molecule has 2 aromatic rings. The zero-order chi connectivity index (χ0) is 19.1. The standard InChI is InChI=1S/C21H26N2O3/c1-4-23(14-16-8-6-5-7-9-16)20(25)13-22-21(26)18-12-17(15(2)3)10-11-19(18)24/h5-12,15,24H,4,13-14H2,1-3H3,(H,22,26). The molecule has 0 heterocycles. The number of hydrogen-bond acceptors (Lipinski definition) is 3. The van der Waals surface area contributed by atoms with E-state index in [0.29, 0.717) is 13.1 Å². The zero-order valence-corrected chi connectivity index (χ0v) is 15.5. The van der Waals surface area contributed by atoms with Crippen LogP contribution in [0.1, 0.15) is 48.2 Å². The van der Waals surface area contributed by atoms with Gasteiger partial charge in [0.2, 0.25) is 5.91 Å². The van der Waals surface area contributed by atoms with E-state index in [2.05, 4.69) is 5.32 Å². The molecule has 0 aliphatic rings. The number of nitrogens with one attached hydrogen (secondary N) is 1. The molecule has 26 heavy (non-hydrogen) atoms. The third-order valence-electron chi connectivity index (χ3n) is 4.28. The fourth-order valence-electron chi connectivity index (χ4n) is 2.64. The Morgan fingerprint density at radius 2 is 1.81 bits per heavy atom. The predicted molar refractivity (Wildman–Crippen MR) is 102 cm³/mol. The number of carbonyl (C=O) groups is 2. The molecule has 0 radical (unpaired) electrons. The second-order valence-corrected chi connectivity index (χ2v) is 6.51. The molecule has 5 heteroatoms. The molecule has 0 aliphatic heterocycles. The van der Waals surface area contributed by atoms with Gasteiger partial charge in [0.05, 0.1) is 12.1 Å². The monoisotopic (exact) mass is 354 g/mol. The molecule has 0 unspecified atom stereocenters. The highest BCUT2D eigenvalue weighted by Gasteiger charge is 2.17. The number of likely N-dealkylation sites (N-methyl/N-ethyl adjacent to an activating group) is 1. The van der Waals surface area contributed by atoms with Crippen LogP contribution in [0.3, 0.4) is 0 Å². The van der Waals surface area contributed by atoms with Crippen molar-refractivity contribution < 1.29 is 14.7 Å². The van der Waals surface area contributed by atoms with Crippen molar-refractivity contribution in [3.8, 4) is 5.75 Å². The normalized spacial score (nSPS) is 10.6. The first-order chi connectivity index (χ1) is 12.4. The van der Waals surface area contributed by atoms with Crippen molar-refractivity contribution in [3.63, 3.8) is 0 Å². The smallest absolute Gasteiger partial charge is 0.255 e. The largest absolute Gasteiger partial charge is 0.507 e. The molecule has 138 valence electrons. The molecule has 2 amide bonds. The maximum atomic E-state index is 12.4. The molecule has 5 nitrogen and oxygen atoms in total. The van der Waals surface area contributed by atoms with Gasteiger partial charge >= 0.3 is 0 Å². The Bertz CT molecular complexity index is 757. The van der Waals surface area contributed by atoms with Crippen molar-refractivity contribution in [3.05, 3.63) is 65.2 Å². The summed E-state index contributed by atoms with van der Waals surface area (Å²) < 4.78 is 0. The van der Waals surface area contributed by atoms with Crippen LogP contribution in [0.25, 0.3) is 0 Å². The van der Waals surface area contributed by atoms with Gasteiger partial charge in [-0.2, -0.15) is 0 Å². The Labute approximate surface area is 154 Å². The van der Waals surface area contributed by atoms with Gasteiger partial charge in [-0.1, -0.05) is 50.2 Å². The van der Waals surface area contributed by atoms with Gasteiger partial charge in [-0.05, 0) is 36.1 Å². The maximum absolute atomic E-state index is 12.4. The van der Waals surface area contributed by atoms with Gasteiger partial charge < -0.3 is 15.3 Å². The van der Waals surface area contributed by atoms with Crippen LogP contribution in [0.2, 0.25) is 0 Å². The molecule has 2 aromatic carbocycles. The number of phenols is 1. The van der Waals surface area contributed by atoms with E-state index in [4.69, 9.17) is 0 Å². The molecular formula is C21H26N2O3. The lowest BCUT2D eigenvalue weighted by molar-refractivity contribution is -0.130. The van der Waals surface area contributed by atoms with Crippen LogP contribution >= 0.6 is 0 Å². The molecule has 0 spiro atoms. The molecule has 2 N–H and O–H groups in total. The van der Waals surface area contributed by atoms with Gasteiger partial charge in [-0.15, -0.1) is 0 Å². The summed E-state index contributed by atoms with van der Waals surface area (Å²) in [5.41, 5.74) is 2.19. The Balaban J connectivity index is 1.99. The quantitative estimate of drug-likeness (QED) is 0.801. The highest BCUT2D eigenvalue weighted by molar-refractivity contribution is 5.98. The molecule has 0 aliphatic carbocycles. The molecule has 0 saturated carbocycles. The Kier molecular flexibility index (Phi) is 6.78. The molecule has 0 atom stereocenters. The first-order valence-electron chi connectivity index (χ1n) is 8.85. The van der Waals surface area contributed by atoms with Crippen molar-refractivity contribution in [1.82, 2.24) is 10.2 Å². The van der Waals surface area contributed by atoms with Crippen LogP contribution in [-0.4, -0.2) is 34.9 Å². The van der Waals surface area contributed by atoms with Crippen LogP contribution in [-0.2, 0) is 11.3 Å². The van der Waals surface area contributed by atoms with E-state index < -0.39 is 5.91 Å². The third kappa shape index (κ3) is 5.09. The van der Waals surface area contributed by atoms with Crippen LogP contribution in [0.5, 0.6) is 5.75 Å². The molecular weight excluding hydrogens is 328 g/mol. The van der Waals surface area contributed by atoms with Gasteiger partial charge in [0.15, 0.2) is 0 Å². The van der Waals surface area contributed by atoms with Crippen LogP contribution in [0.15, 0.2) is 48.5 Å². The average molecular weight is 354 g/mol. The number of nitrogens with zero attached hydrogens (tertiary/aromatic N) is 1. The van der Waals surface area contributed by atoms with Crippen molar-refractivity contribution >= 4 is 11.8 Å². The molecule has 2 rings (SSSR count). The van der Waals surface area contributed by atoms with Crippen LogP contribution < -0.4 is 5.32 Å². The lowest BCUT2D eigenvalue weighted by Gasteiger charge is -2.21. The summed E-state index contributed by atoms with van der Waals surface area (Å²) in [4.78, 5) is 26.5. The Hall–Kier alpha value is -2.82. The Morgan fingerprint density at radius 3 is 2.42 bits per heavy atom. The summed E-state index contributed by atoms with van der Waals surface area (Å²) in [6, 6.07) is 14.7. The average Bonchev–Trinajstić information content (AvgIpc) is 2.64. The highest BCUT2D eigenvalue weighted by atomic mass is 16.3. The van der Waals surface area contributed by atoms with Crippen LogP contribution in [0.4, 0.5) is 0 Å². The van der Waals surface area contributed by atoms with Crippen molar-refractivity contribution in [2.75, 3.05) is 13.1 Å². The minimum atomic E-state index is -0.450. The van der Waals surface area contributed by atoms with Gasteiger partial charge in [0.25, 0.3) is 5.91 Å². The van der Waals surface area contributed by atoms with E-state index in [1.54, 1.807) is 17.0 Å². The number of aromatic hydroxyl groups is 1. The number of phenolic OH excluding ortho intramolecular Hbond substituents is 1. The summed E-state index contributed by atoms with van der Waals surface area (Å²) in [5.74, 6) is -0.459. The van der Waals surface area contributed by atoms with Crippen molar-refractivity contribution in [1.29, 1.82) is 0 Å². The first-order valence-corrected chi connectivity index (χ1v) is 8.85. The fraction of sp³-hybridized carbons (Fsp3) is 0.333. The van der Waals surface area contributed by atoms with Crippen molar-refractivity contribution in [2.45, 2.75) is 33.2 Å². The lowest BCUT2D eigenvalue weighted by Crippen LogP contribution is -2.39. The van der Waals surface area contributed by atoms with Crippen LogP contribution in [0, 0.1) is 0 Å². The number of carbonyl (C=O) groups excluding carboxylic acids is 2. The summed E-state index contributed by atoms with van der Waals surface area (Å²) in [5, 5.41) is 12.6. The molecule has 0 saturated heterocycles. The SMILES string of the molecule is CCN(Cc1ccccc1)C(=O)CNC(=O)c1cc(C(C)C)ccc1O. The van der Waals surface area contributed by atoms with E-state index in [9.17, 15) is 14.7 Å². The molecule has 0 fully saturated rings. The first kappa shape index (κ1) is 19.5. The number of amides is 2. The lowest BCUT2D eigenvalue weighted by atomic mass is 10.00. The second kappa shape index (κ2) is 9.04. The third-order valence-corrected chi connectivity index (χ3v) is 4.28. The number of rotatable bonds is 7. The topological polar surface area (TPSA) is 69.6 Å². The van der Waals surface area contributed by atoms with Gasteiger partial charge in [0, 0.05) is 13.1 Å². The van der Waals surface area contributed by atoms with E-state index in [0.717, 1.165) is 11.1 Å². The van der Waals surface area contributed by atoms with Gasteiger partial charge in [-0.25, -0.2) is 0 Å². The highest BCUT2D eigenvalue weighted by Crippen LogP contribution is 2.23. The fourth-order valence-corrected chi connectivity index (χ4v) is 2.64. The van der Waals surface area contributed by atoms with E-state index >= 15 is 0 Å². The van der Waals surface area contributed by atoms with E-state index in [-0.39, 0.29) is 29.7 Å². The second-order valence-electron chi connectivity index (χ2n) is 6.51. The van der Waals surface area contributed by atoms with E-state index in [1.807, 2.05) is 51.1 Å². The molecule has 0 bridgehead atoms. The maximum Gasteiger partial charge on any atom is 0.255 e. The molecule has 0 aromatic heterocycles. The summed E-state index contributed by atoms with van der Waals surface area (Å²) in [7, 11) is 0. The Morgan fingerprint density at radius 1 is 1.12 bits per heavy atom. The van der Waals surface area contributed by atoms with Crippen molar-refractivity contribution in [2.24, 2.45) is 0 Å². The number of hydrogen-bond donors (Lipinski definition) is 2. The van der Waals surface area contributed by atoms with Gasteiger partial charge in [0.1, 0.15) is 5.75 Å². The van der Waals surface area contributed by atoms with Gasteiger partial charge in [-0.3, -0.25) is 9.59 Å². The number of benzene rings is 2. The zero-order valence-electron chi connectivity index (χ0n) is 15.5. The summed E-state index contributed by atoms with van der Waals surface area (Å²) >= 11 is 0. The summed E-state index contributed by atoms with van der Waals surface area (Å²) in [6.07, 6.45) is 0. The summed E-state index contributed by atoms with van der Waals surface area (Å²) in [6.45, 7) is 6.88. The predicted octanol–water partition coefficient (Wildman–Crippen LogP) is 3.29. The minimum Gasteiger partial charge on any atom is -0.507 e. The van der Waals surface area contributed by atoms with E-state index in [1.165, 1.54) is 6.07 Å².